The zero-order valence-corrected chi connectivity index (χ0v) is 17.2. The van der Waals surface area contributed by atoms with E-state index in [1.54, 1.807) is 12.3 Å². The van der Waals surface area contributed by atoms with E-state index in [4.69, 9.17) is 9.72 Å². The van der Waals surface area contributed by atoms with E-state index in [0.29, 0.717) is 23.3 Å². The number of aromatic nitrogens is 2. The summed E-state index contributed by atoms with van der Waals surface area (Å²) in [5.41, 5.74) is 1.37. The van der Waals surface area contributed by atoms with Crippen molar-refractivity contribution in [1.82, 2.24) is 9.66 Å². The summed E-state index contributed by atoms with van der Waals surface area (Å²) in [6.45, 7) is 6.66. The first-order valence-corrected chi connectivity index (χ1v) is 9.82. The summed E-state index contributed by atoms with van der Waals surface area (Å²) in [5.74, 6) is 1.55. The summed E-state index contributed by atoms with van der Waals surface area (Å²) < 4.78 is 7.78. The molecule has 0 aliphatic rings. The molecule has 0 bridgehead atoms. The molecule has 1 atom stereocenters. The van der Waals surface area contributed by atoms with Crippen LogP contribution in [0.5, 0.6) is 5.75 Å². The maximum atomic E-state index is 13.1. The molecule has 0 saturated heterocycles. The van der Waals surface area contributed by atoms with Gasteiger partial charge < -0.3 is 4.74 Å². The Morgan fingerprint density at radius 3 is 2.81 bits per heavy atom. The van der Waals surface area contributed by atoms with E-state index >= 15 is 0 Å². The Hall–Kier alpha value is -2.47. The molecule has 140 valence electrons. The van der Waals surface area contributed by atoms with Crippen LogP contribution in [0.25, 0.3) is 10.9 Å². The number of nitrogens with zero attached hydrogens (tertiary/aromatic N) is 3. The minimum atomic E-state index is -0.172. The van der Waals surface area contributed by atoms with Crippen molar-refractivity contribution >= 4 is 33.0 Å². The van der Waals surface area contributed by atoms with Crippen LogP contribution in [0.1, 0.15) is 44.5 Å². The lowest BCUT2D eigenvalue weighted by Crippen LogP contribution is -2.23. The normalized spacial score (nSPS) is 12.6. The van der Waals surface area contributed by atoms with Gasteiger partial charge in [0.15, 0.2) is 0 Å². The number of hydrogen-bond donors (Lipinski definition) is 0. The van der Waals surface area contributed by atoms with Gasteiger partial charge in [-0.2, -0.15) is 9.78 Å². The maximum absolute atomic E-state index is 13.1. The standard InChI is InChI=1S/C21H22BrN3O2/c1-4-14(3)20-24-19-10-9-16(22)12-18(19)21(26)25(20)23-13-15-7-6-8-17(11-15)27-5-2/h6-14H,4-5H2,1-3H3/t14-/m1/s1. The Morgan fingerprint density at radius 1 is 1.26 bits per heavy atom. The Balaban J connectivity index is 2.12. The molecule has 0 aliphatic heterocycles. The first-order valence-electron chi connectivity index (χ1n) is 9.03. The van der Waals surface area contributed by atoms with E-state index in [1.165, 1.54) is 4.68 Å². The van der Waals surface area contributed by atoms with Crippen LogP contribution in [-0.4, -0.2) is 22.5 Å². The highest BCUT2D eigenvalue weighted by atomic mass is 79.9. The molecular weight excluding hydrogens is 406 g/mol. The van der Waals surface area contributed by atoms with Crippen LogP contribution >= 0.6 is 15.9 Å². The first kappa shape index (κ1) is 19.3. The highest BCUT2D eigenvalue weighted by Crippen LogP contribution is 2.21. The molecule has 5 nitrogen and oxygen atoms in total. The van der Waals surface area contributed by atoms with Crippen LogP contribution in [0.15, 0.2) is 56.8 Å². The van der Waals surface area contributed by atoms with Crippen molar-refractivity contribution in [3.8, 4) is 5.75 Å². The summed E-state index contributed by atoms with van der Waals surface area (Å²) in [6, 6.07) is 13.1. The number of fused-ring (bicyclic) bond motifs is 1. The summed E-state index contributed by atoms with van der Waals surface area (Å²) in [5, 5.41) is 5.01. The van der Waals surface area contributed by atoms with Crippen molar-refractivity contribution in [3.63, 3.8) is 0 Å². The molecule has 0 radical (unpaired) electrons. The molecule has 6 heteroatoms. The summed E-state index contributed by atoms with van der Waals surface area (Å²) in [6.07, 6.45) is 2.53. The number of rotatable bonds is 6. The van der Waals surface area contributed by atoms with Crippen LogP contribution in [-0.2, 0) is 0 Å². The lowest BCUT2D eigenvalue weighted by molar-refractivity contribution is 0.340. The third-order valence-electron chi connectivity index (χ3n) is 4.38. The van der Waals surface area contributed by atoms with Gasteiger partial charge in [0.1, 0.15) is 11.6 Å². The van der Waals surface area contributed by atoms with E-state index in [0.717, 1.165) is 22.2 Å². The van der Waals surface area contributed by atoms with Crippen LogP contribution < -0.4 is 10.3 Å². The molecular formula is C21H22BrN3O2. The molecule has 3 rings (SSSR count). The van der Waals surface area contributed by atoms with Crippen molar-refractivity contribution in [2.24, 2.45) is 5.10 Å². The first-order chi connectivity index (χ1) is 13.0. The minimum Gasteiger partial charge on any atom is -0.494 e. The fourth-order valence-electron chi connectivity index (χ4n) is 2.75. The van der Waals surface area contributed by atoms with Crippen LogP contribution in [0, 0.1) is 0 Å². The number of benzene rings is 2. The van der Waals surface area contributed by atoms with Crippen molar-refractivity contribution in [2.75, 3.05) is 6.61 Å². The van der Waals surface area contributed by atoms with Crippen molar-refractivity contribution in [3.05, 3.63) is 68.7 Å². The molecule has 0 spiro atoms. The molecule has 0 aliphatic carbocycles. The average Bonchev–Trinajstić information content (AvgIpc) is 2.67. The molecule has 1 heterocycles. The molecule has 2 aromatic carbocycles. The smallest absolute Gasteiger partial charge is 0.282 e. The highest BCUT2D eigenvalue weighted by molar-refractivity contribution is 9.10. The molecule has 0 saturated carbocycles. The lowest BCUT2D eigenvalue weighted by atomic mass is 10.1. The SMILES string of the molecule is CCOc1cccc(C=Nn2c([C@H](C)CC)nc3ccc(Br)cc3c2=O)c1. The second kappa shape index (κ2) is 8.48. The number of halogens is 1. The van der Waals surface area contributed by atoms with Crippen molar-refractivity contribution in [2.45, 2.75) is 33.1 Å². The van der Waals surface area contributed by atoms with Gasteiger partial charge >= 0.3 is 0 Å². The summed E-state index contributed by atoms with van der Waals surface area (Å²) in [4.78, 5) is 17.8. The maximum Gasteiger partial charge on any atom is 0.282 e. The predicted octanol–water partition coefficient (Wildman–Crippen LogP) is 4.95. The number of ether oxygens (including phenoxy) is 1. The van der Waals surface area contributed by atoms with Gasteiger partial charge in [-0.3, -0.25) is 4.79 Å². The van der Waals surface area contributed by atoms with Crippen LogP contribution in [0.4, 0.5) is 0 Å². The molecule has 27 heavy (non-hydrogen) atoms. The topological polar surface area (TPSA) is 56.5 Å². The van der Waals surface area contributed by atoms with E-state index in [-0.39, 0.29) is 11.5 Å². The van der Waals surface area contributed by atoms with Gasteiger partial charge in [0.05, 0.1) is 23.7 Å². The van der Waals surface area contributed by atoms with Gasteiger partial charge in [-0.15, -0.1) is 0 Å². The molecule has 0 unspecified atom stereocenters. The summed E-state index contributed by atoms with van der Waals surface area (Å²) in [7, 11) is 0. The van der Waals surface area contributed by atoms with Gasteiger partial charge in [-0.1, -0.05) is 41.9 Å². The fraction of sp³-hybridized carbons (Fsp3) is 0.286. The number of hydrogen-bond acceptors (Lipinski definition) is 4. The summed E-state index contributed by atoms with van der Waals surface area (Å²) >= 11 is 3.42. The molecule has 0 amide bonds. The van der Waals surface area contributed by atoms with Crippen molar-refractivity contribution in [1.29, 1.82) is 0 Å². The second-order valence-corrected chi connectivity index (χ2v) is 7.22. The quantitative estimate of drug-likeness (QED) is 0.522. The lowest BCUT2D eigenvalue weighted by Gasteiger charge is -2.14. The van der Waals surface area contributed by atoms with Gasteiger partial charge in [0.2, 0.25) is 0 Å². The largest absolute Gasteiger partial charge is 0.494 e. The van der Waals surface area contributed by atoms with Crippen LogP contribution in [0.2, 0.25) is 0 Å². The molecule has 0 fully saturated rings. The monoisotopic (exact) mass is 427 g/mol. The Bertz CT molecular complexity index is 1040. The molecule has 0 N–H and O–H groups in total. The fourth-order valence-corrected chi connectivity index (χ4v) is 3.12. The molecule has 3 aromatic rings. The zero-order valence-electron chi connectivity index (χ0n) is 15.6. The zero-order chi connectivity index (χ0) is 19.4. The van der Waals surface area contributed by atoms with E-state index in [1.807, 2.05) is 50.2 Å². The van der Waals surface area contributed by atoms with E-state index in [2.05, 4.69) is 28.0 Å². The Morgan fingerprint density at radius 2 is 2.07 bits per heavy atom. The van der Waals surface area contributed by atoms with Gasteiger partial charge in [0.25, 0.3) is 5.56 Å². The van der Waals surface area contributed by atoms with E-state index < -0.39 is 0 Å². The Kier molecular flexibility index (Phi) is 6.06. The van der Waals surface area contributed by atoms with Gasteiger partial charge in [-0.05, 0) is 49.2 Å². The van der Waals surface area contributed by atoms with Gasteiger partial charge in [-0.25, -0.2) is 4.98 Å². The molecule has 1 aromatic heterocycles. The predicted molar refractivity (Wildman–Crippen MR) is 113 cm³/mol. The van der Waals surface area contributed by atoms with E-state index in [9.17, 15) is 4.79 Å². The van der Waals surface area contributed by atoms with Gasteiger partial charge in [0, 0.05) is 10.4 Å². The average molecular weight is 428 g/mol. The van der Waals surface area contributed by atoms with Crippen LogP contribution in [0.3, 0.4) is 0 Å². The second-order valence-electron chi connectivity index (χ2n) is 6.31. The van der Waals surface area contributed by atoms with Crippen molar-refractivity contribution < 1.29 is 4.74 Å². The third kappa shape index (κ3) is 4.27. The Labute approximate surface area is 166 Å². The third-order valence-corrected chi connectivity index (χ3v) is 4.87. The minimum absolute atomic E-state index is 0.109. The highest BCUT2D eigenvalue weighted by Gasteiger charge is 2.15.